The molecule has 0 saturated heterocycles. The summed E-state index contributed by atoms with van der Waals surface area (Å²) in [5.74, 6) is -0.176. The molecule has 0 spiro atoms. The van der Waals surface area contributed by atoms with E-state index in [2.05, 4.69) is 61.7 Å². The number of esters is 1. The van der Waals surface area contributed by atoms with E-state index in [0.717, 1.165) is 57.8 Å². The predicted octanol–water partition coefficient (Wildman–Crippen LogP) is 17.2. The molecule has 0 aromatic rings. The van der Waals surface area contributed by atoms with Gasteiger partial charge in [0, 0.05) is 12.8 Å². The molecule has 0 bridgehead atoms. The molecule has 0 rings (SSSR count). The number of amides is 1. The molecule has 3 N–H and O–H groups in total. The average Bonchev–Trinajstić information content (AvgIpc) is 3.31. The Kier molecular flexibility index (Phi) is 52.1. The Balaban J connectivity index is 3.59. The summed E-state index contributed by atoms with van der Waals surface area (Å²) in [5, 5.41) is 23.0. The molecule has 0 aromatic carbocycles. The molecule has 2 unspecified atom stereocenters. The van der Waals surface area contributed by atoms with E-state index in [4.69, 9.17) is 4.74 Å². The van der Waals surface area contributed by atoms with Crippen molar-refractivity contribution in [3.63, 3.8) is 0 Å². The van der Waals surface area contributed by atoms with Crippen molar-refractivity contribution < 1.29 is 24.5 Å². The lowest BCUT2D eigenvalue weighted by Crippen LogP contribution is -2.45. The quantitative estimate of drug-likeness (QED) is 0.0321. The SMILES string of the molecule is CCCCC/C=C\C/C=C\CCCCCCCCCC(=O)OCCCCCCCC/C=C\C/C=C\CCC(=O)NC(CO)C(O)/C=C/CCCCCCCCCCCCCCCCCC. The first kappa shape index (κ1) is 62.6. The molecule has 0 aliphatic carbocycles. The number of rotatable bonds is 51. The zero-order valence-electron chi connectivity index (χ0n) is 43.0. The van der Waals surface area contributed by atoms with E-state index in [1.165, 1.54) is 186 Å². The largest absolute Gasteiger partial charge is 0.466 e. The Labute approximate surface area is 403 Å². The fourth-order valence-corrected chi connectivity index (χ4v) is 8.18. The van der Waals surface area contributed by atoms with Gasteiger partial charge in [-0.05, 0) is 83.5 Å². The molecule has 0 aliphatic rings. The predicted molar refractivity (Wildman–Crippen MR) is 282 cm³/mol. The summed E-state index contributed by atoms with van der Waals surface area (Å²) in [6.07, 6.45) is 69.6. The van der Waals surface area contributed by atoms with E-state index in [0.29, 0.717) is 25.9 Å². The van der Waals surface area contributed by atoms with Crippen molar-refractivity contribution in [1.82, 2.24) is 5.32 Å². The Morgan fingerprint density at radius 3 is 1.23 bits per heavy atom. The van der Waals surface area contributed by atoms with Crippen LogP contribution in [0.15, 0.2) is 60.8 Å². The highest BCUT2D eigenvalue weighted by molar-refractivity contribution is 5.76. The van der Waals surface area contributed by atoms with Gasteiger partial charge in [-0.3, -0.25) is 9.59 Å². The fraction of sp³-hybridized carbons (Fsp3) is 0.797. The van der Waals surface area contributed by atoms with Crippen LogP contribution in [0.2, 0.25) is 0 Å². The average molecular weight is 911 g/mol. The van der Waals surface area contributed by atoms with Crippen molar-refractivity contribution in [3.05, 3.63) is 60.8 Å². The topological polar surface area (TPSA) is 95.9 Å². The Bertz CT molecular complexity index is 1140. The number of carbonyl (C=O) groups excluding carboxylic acids is 2. The van der Waals surface area contributed by atoms with Crippen LogP contribution in [0, 0.1) is 0 Å². The van der Waals surface area contributed by atoms with Gasteiger partial charge in [-0.2, -0.15) is 0 Å². The van der Waals surface area contributed by atoms with E-state index in [9.17, 15) is 19.8 Å². The number of nitrogens with one attached hydrogen (secondary N) is 1. The van der Waals surface area contributed by atoms with Crippen LogP contribution in [0.3, 0.4) is 0 Å². The minimum atomic E-state index is -0.881. The molecule has 6 nitrogen and oxygen atoms in total. The van der Waals surface area contributed by atoms with E-state index in [1.807, 2.05) is 12.2 Å². The van der Waals surface area contributed by atoms with Gasteiger partial charge in [-0.1, -0.05) is 242 Å². The first-order valence-corrected chi connectivity index (χ1v) is 28.1. The smallest absolute Gasteiger partial charge is 0.305 e. The summed E-state index contributed by atoms with van der Waals surface area (Å²) < 4.78 is 5.46. The highest BCUT2D eigenvalue weighted by Gasteiger charge is 2.17. The number of hydrogen-bond acceptors (Lipinski definition) is 5. The molecule has 0 fully saturated rings. The molecule has 6 heteroatoms. The summed E-state index contributed by atoms with van der Waals surface area (Å²) in [6, 6.07) is -0.674. The minimum Gasteiger partial charge on any atom is -0.466 e. The maximum absolute atomic E-state index is 12.4. The summed E-state index contributed by atoms with van der Waals surface area (Å²) in [4.78, 5) is 24.5. The van der Waals surface area contributed by atoms with Crippen LogP contribution >= 0.6 is 0 Å². The van der Waals surface area contributed by atoms with Gasteiger partial charge in [0.2, 0.25) is 5.91 Å². The number of aliphatic hydroxyl groups is 2. The van der Waals surface area contributed by atoms with Crippen LogP contribution in [-0.4, -0.2) is 47.4 Å². The van der Waals surface area contributed by atoms with Crippen LogP contribution in [-0.2, 0) is 14.3 Å². The second-order valence-electron chi connectivity index (χ2n) is 18.9. The number of aliphatic hydroxyl groups excluding tert-OH is 2. The van der Waals surface area contributed by atoms with E-state index < -0.39 is 12.1 Å². The van der Waals surface area contributed by atoms with Gasteiger partial charge in [-0.15, -0.1) is 0 Å². The third-order valence-electron chi connectivity index (χ3n) is 12.5. The highest BCUT2D eigenvalue weighted by Crippen LogP contribution is 2.15. The van der Waals surface area contributed by atoms with Gasteiger partial charge in [-0.25, -0.2) is 0 Å². The van der Waals surface area contributed by atoms with Crippen molar-refractivity contribution in [2.45, 2.75) is 289 Å². The molecule has 1 amide bonds. The van der Waals surface area contributed by atoms with Crippen LogP contribution in [0.5, 0.6) is 0 Å². The second kappa shape index (κ2) is 54.2. The molecule has 0 radical (unpaired) electrons. The van der Waals surface area contributed by atoms with Gasteiger partial charge in [0.15, 0.2) is 0 Å². The molecular formula is C59H107NO5. The van der Waals surface area contributed by atoms with Gasteiger partial charge in [0.05, 0.1) is 25.4 Å². The molecule has 378 valence electrons. The molecule has 0 saturated carbocycles. The summed E-state index contributed by atoms with van der Waals surface area (Å²) in [6.45, 7) is 4.81. The maximum atomic E-state index is 12.4. The van der Waals surface area contributed by atoms with Crippen molar-refractivity contribution in [1.29, 1.82) is 0 Å². The number of carbonyl (C=O) groups is 2. The molecule has 2 atom stereocenters. The Morgan fingerprint density at radius 1 is 0.431 bits per heavy atom. The van der Waals surface area contributed by atoms with Crippen LogP contribution in [0.4, 0.5) is 0 Å². The third kappa shape index (κ3) is 50.8. The number of hydrogen-bond donors (Lipinski definition) is 3. The molecule has 0 aliphatic heterocycles. The zero-order valence-corrected chi connectivity index (χ0v) is 43.0. The Hall–Kier alpha value is -2.44. The Morgan fingerprint density at radius 2 is 0.785 bits per heavy atom. The molecule has 0 aromatic heterocycles. The van der Waals surface area contributed by atoms with Gasteiger partial charge >= 0.3 is 5.97 Å². The van der Waals surface area contributed by atoms with Crippen molar-refractivity contribution in [2.75, 3.05) is 13.2 Å². The lowest BCUT2D eigenvalue weighted by molar-refractivity contribution is -0.143. The molecule has 0 heterocycles. The zero-order chi connectivity index (χ0) is 47.2. The second-order valence-corrected chi connectivity index (χ2v) is 18.9. The first-order chi connectivity index (χ1) is 32.0. The van der Waals surface area contributed by atoms with Crippen molar-refractivity contribution in [2.24, 2.45) is 0 Å². The van der Waals surface area contributed by atoms with Crippen LogP contribution < -0.4 is 5.32 Å². The van der Waals surface area contributed by atoms with Crippen LogP contribution in [0.25, 0.3) is 0 Å². The van der Waals surface area contributed by atoms with E-state index >= 15 is 0 Å². The van der Waals surface area contributed by atoms with Gasteiger partial charge in [0.25, 0.3) is 0 Å². The van der Waals surface area contributed by atoms with Crippen molar-refractivity contribution >= 4 is 11.9 Å². The normalized spacial score (nSPS) is 13.1. The van der Waals surface area contributed by atoms with E-state index in [-0.39, 0.29) is 18.5 Å². The first-order valence-electron chi connectivity index (χ1n) is 28.1. The lowest BCUT2D eigenvalue weighted by atomic mass is 10.0. The number of ether oxygens (including phenoxy) is 1. The maximum Gasteiger partial charge on any atom is 0.305 e. The highest BCUT2D eigenvalue weighted by atomic mass is 16.5. The standard InChI is InChI=1S/C59H107NO5/c1-3-5-7-9-11-13-15-17-19-21-23-24-27-31-35-39-43-47-51-57(62)56(55-61)60-58(63)52-48-44-40-36-32-28-26-30-34-38-42-46-50-54-65-59(64)53-49-45-41-37-33-29-25-22-20-18-16-14-12-10-8-6-4-2/h12,14,18,20,28,32,40,44,47,51,56-57,61-62H,3-11,13,15-17,19,21-27,29-31,33-39,41-43,45-46,48-50,52-55H2,1-2H3,(H,60,63)/b14-12-,20-18-,32-28-,44-40-,51-47+. The monoisotopic (exact) mass is 910 g/mol. The lowest BCUT2D eigenvalue weighted by Gasteiger charge is -2.19. The summed E-state index contributed by atoms with van der Waals surface area (Å²) in [5.41, 5.74) is 0. The summed E-state index contributed by atoms with van der Waals surface area (Å²) in [7, 11) is 0. The minimum absolute atomic E-state index is 0.0269. The van der Waals surface area contributed by atoms with Crippen molar-refractivity contribution in [3.8, 4) is 0 Å². The summed E-state index contributed by atoms with van der Waals surface area (Å²) >= 11 is 0. The van der Waals surface area contributed by atoms with E-state index in [1.54, 1.807) is 6.08 Å². The fourth-order valence-electron chi connectivity index (χ4n) is 8.18. The van der Waals surface area contributed by atoms with Gasteiger partial charge < -0.3 is 20.3 Å². The molecule has 65 heavy (non-hydrogen) atoms. The number of allylic oxidation sites excluding steroid dienone is 9. The third-order valence-corrected chi connectivity index (χ3v) is 12.5. The number of unbranched alkanes of at least 4 members (excludes halogenated alkanes) is 32. The van der Waals surface area contributed by atoms with Crippen LogP contribution in [0.1, 0.15) is 277 Å². The molecular weight excluding hydrogens is 803 g/mol. The van der Waals surface area contributed by atoms with Gasteiger partial charge in [0.1, 0.15) is 0 Å².